The third-order valence-corrected chi connectivity index (χ3v) is 3.72. The number of nitrogens with zero attached hydrogens (tertiary/aromatic N) is 2. The fourth-order valence-corrected chi connectivity index (χ4v) is 2.99. The van der Waals surface area contributed by atoms with E-state index in [0.29, 0.717) is 6.04 Å². The normalized spacial score (nSPS) is 36.6. The Kier molecular flexibility index (Phi) is 3.35. The molecule has 0 bridgehead atoms. The van der Waals surface area contributed by atoms with Gasteiger partial charge in [0.25, 0.3) is 0 Å². The second-order valence-electron chi connectivity index (χ2n) is 4.99. The van der Waals surface area contributed by atoms with Gasteiger partial charge in [-0.3, -0.25) is 4.90 Å². The number of carbonyl (C=O) groups is 1. The average Bonchev–Trinajstić information content (AvgIpc) is 2.67. The summed E-state index contributed by atoms with van der Waals surface area (Å²) in [6.45, 7) is 7.86. The molecule has 0 aliphatic carbocycles. The largest absolute Gasteiger partial charge is 0.465 e. The summed E-state index contributed by atoms with van der Waals surface area (Å²) in [4.78, 5) is 15.1. The molecule has 0 aromatic heterocycles. The summed E-state index contributed by atoms with van der Waals surface area (Å²) in [6, 6.07) is 0.796. The molecule has 0 aromatic carbocycles. The molecule has 0 spiro atoms. The first kappa shape index (κ1) is 11.7. The predicted molar refractivity (Wildman–Crippen MR) is 61.6 cm³/mol. The van der Waals surface area contributed by atoms with Crippen molar-refractivity contribution in [3.05, 3.63) is 0 Å². The summed E-state index contributed by atoms with van der Waals surface area (Å²) in [5.41, 5.74) is 0. The number of carboxylic acid groups (broad SMARTS) is 1. The Hall–Kier alpha value is -0.810. The average molecular weight is 227 g/mol. The van der Waals surface area contributed by atoms with E-state index in [0.717, 1.165) is 26.2 Å². The summed E-state index contributed by atoms with van der Waals surface area (Å²) in [5.74, 6) is 0. The summed E-state index contributed by atoms with van der Waals surface area (Å²) >= 11 is 0. The van der Waals surface area contributed by atoms with Gasteiger partial charge in [0.05, 0.1) is 0 Å². The molecule has 5 heteroatoms. The number of amides is 1. The van der Waals surface area contributed by atoms with Gasteiger partial charge in [0, 0.05) is 37.8 Å². The fourth-order valence-electron chi connectivity index (χ4n) is 2.99. The van der Waals surface area contributed by atoms with Crippen molar-refractivity contribution in [2.24, 2.45) is 0 Å². The molecular weight excluding hydrogens is 206 g/mol. The van der Waals surface area contributed by atoms with E-state index in [1.165, 1.54) is 6.42 Å². The first-order valence-electron chi connectivity index (χ1n) is 6.05. The minimum Gasteiger partial charge on any atom is -0.465 e. The van der Waals surface area contributed by atoms with Crippen molar-refractivity contribution in [1.29, 1.82) is 0 Å². The second kappa shape index (κ2) is 4.59. The molecule has 2 rings (SSSR count). The lowest BCUT2D eigenvalue weighted by Gasteiger charge is -2.45. The van der Waals surface area contributed by atoms with E-state index in [1.54, 1.807) is 4.90 Å². The highest BCUT2D eigenvalue weighted by molar-refractivity contribution is 5.66. The third-order valence-electron chi connectivity index (χ3n) is 3.72. The van der Waals surface area contributed by atoms with Crippen LogP contribution in [0.5, 0.6) is 0 Å². The number of piperazine rings is 1. The van der Waals surface area contributed by atoms with Crippen molar-refractivity contribution >= 4 is 6.09 Å². The van der Waals surface area contributed by atoms with Crippen LogP contribution < -0.4 is 5.32 Å². The van der Waals surface area contributed by atoms with Crippen molar-refractivity contribution in [2.45, 2.75) is 38.4 Å². The lowest BCUT2D eigenvalue weighted by Crippen LogP contribution is -2.60. The molecule has 3 atom stereocenters. The number of hydrogen-bond acceptors (Lipinski definition) is 3. The van der Waals surface area contributed by atoms with E-state index in [1.807, 2.05) is 13.8 Å². The first-order valence-corrected chi connectivity index (χ1v) is 6.05. The molecule has 2 aliphatic rings. The minimum absolute atomic E-state index is 0.0989. The van der Waals surface area contributed by atoms with E-state index < -0.39 is 6.09 Å². The van der Waals surface area contributed by atoms with Crippen LogP contribution in [-0.4, -0.2) is 65.3 Å². The van der Waals surface area contributed by atoms with E-state index in [-0.39, 0.29) is 12.1 Å². The minimum atomic E-state index is -0.788. The van der Waals surface area contributed by atoms with Crippen LogP contribution in [0.15, 0.2) is 0 Å². The monoisotopic (exact) mass is 227 g/mol. The van der Waals surface area contributed by atoms with Crippen LogP contribution in [0.25, 0.3) is 0 Å². The van der Waals surface area contributed by atoms with Gasteiger partial charge < -0.3 is 15.3 Å². The molecule has 2 N–H and O–H groups in total. The molecule has 2 saturated heterocycles. The predicted octanol–water partition coefficient (Wildman–Crippen LogP) is 0.421. The highest BCUT2D eigenvalue weighted by atomic mass is 16.4. The van der Waals surface area contributed by atoms with Crippen molar-refractivity contribution in [3.63, 3.8) is 0 Å². The van der Waals surface area contributed by atoms with E-state index >= 15 is 0 Å². The molecule has 2 fully saturated rings. The van der Waals surface area contributed by atoms with Crippen molar-refractivity contribution < 1.29 is 9.90 Å². The first-order chi connectivity index (χ1) is 7.59. The van der Waals surface area contributed by atoms with Gasteiger partial charge in [-0.05, 0) is 26.8 Å². The number of nitrogens with one attached hydrogen (secondary N) is 1. The summed E-state index contributed by atoms with van der Waals surface area (Å²) in [6.07, 6.45) is 0.399. The van der Waals surface area contributed by atoms with Gasteiger partial charge in [-0.25, -0.2) is 4.79 Å². The molecule has 92 valence electrons. The summed E-state index contributed by atoms with van der Waals surface area (Å²) in [7, 11) is 0. The maximum absolute atomic E-state index is 11.1. The zero-order valence-electron chi connectivity index (χ0n) is 10.0. The number of hydrogen-bond donors (Lipinski definition) is 2. The van der Waals surface area contributed by atoms with Crippen LogP contribution in [0, 0.1) is 0 Å². The van der Waals surface area contributed by atoms with Gasteiger partial charge in [-0.2, -0.15) is 0 Å². The summed E-state index contributed by atoms with van der Waals surface area (Å²) in [5, 5.41) is 12.5. The molecule has 0 radical (unpaired) electrons. The Labute approximate surface area is 96.4 Å². The Morgan fingerprint density at radius 2 is 1.94 bits per heavy atom. The Balaban J connectivity index is 1.99. The molecule has 2 heterocycles. The van der Waals surface area contributed by atoms with E-state index in [4.69, 9.17) is 5.11 Å². The van der Waals surface area contributed by atoms with Gasteiger partial charge in [0.1, 0.15) is 0 Å². The maximum Gasteiger partial charge on any atom is 0.407 e. The highest BCUT2D eigenvalue weighted by Crippen LogP contribution is 2.20. The van der Waals surface area contributed by atoms with Gasteiger partial charge >= 0.3 is 6.09 Å². The van der Waals surface area contributed by atoms with Crippen LogP contribution in [0.2, 0.25) is 0 Å². The molecule has 0 aromatic rings. The van der Waals surface area contributed by atoms with Gasteiger partial charge in [0.2, 0.25) is 0 Å². The van der Waals surface area contributed by atoms with Gasteiger partial charge in [-0.1, -0.05) is 0 Å². The van der Waals surface area contributed by atoms with E-state index in [2.05, 4.69) is 10.2 Å². The Morgan fingerprint density at radius 3 is 2.38 bits per heavy atom. The fraction of sp³-hybridized carbons (Fsp3) is 0.909. The van der Waals surface area contributed by atoms with Crippen LogP contribution in [0.4, 0.5) is 4.79 Å². The Morgan fingerprint density at radius 1 is 1.31 bits per heavy atom. The SMILES string of the molecule is CC1CN([C@@H]2CCNC2)CC(C)N1C(=O)O. The van der Waals surface area contributed by atoms with E-state index in [9.17, 15) is 4.79 Å². The standard InChI is InChI=1S/C11H21N3O2/c1-8-6-13(10-3-4-12-5-10)7-9(2)14(8)11(15)16/h8-10,12H,3-7H2,1-2H3,(H,15,16)/t8?,9?,10-/m1/s1. The van der Waals surface area contributed by atoms with Crippen LogP contribution in [-0.2, 0) is 0 Å². The van der Waals surface area contributed by atoms with Crippen molar-refractivity contribution in [3.8, 4) is 0 Å². The molecule has 1 amide bonds. The highest BCUT2D eigenvalue weighted by Gasteiger charge is 2.35. The van der Waals surface area contributed by atoms with Gasteiger partial charge in [-0.15, -0.1) is 0 Å². The maximum atomic E-state index is 11.1. The second-order valence-corrected chi connectivity index (χ2v) is 4.99. The molecule has 2 unspecified atom stereocenters. The van der Waals surface area contributed by atoms with Crippen LogP contribution in [0.1, 0.15) is 20.3 Å². The van der Waals surface area contributed by atoms with Crippen molar-refractivity contribution in [1.82, 2.24) is 15.1 Å². The lowest BCUT2D eigenvalue weighted by atomic mass is 10.1. The Bertz CT molecular complexity index is 254. The molecule has 0 saturated carbocycles. The van der Waals surface area contributed by atoms with Crippen molar-refractivity contribution in [2.75, 3.05) is 26.2 Å². The summed E-state index contributed by atoms with van der Waals surface area (Å²) < 4.78 is 0. The van der Waals surface area contributed by atoms with Crippen LogP contribution >= 0.6 is 0 Å². The molecule has 5 nitrogen and oxygen atoms in total. The third kappa shape index (κ3) is 2.15. The molecule has 16 heavy (non-hydrogen) atoms. The topological polar surface area (TPSA) is 55.8 Å². The quantitative estimate of drug-likeness (QED) is 0.682. The zero-order chi connectivity index (χ0) is 11.7. The zero-order valence-corrected chi connectivity index (χ0v) is 10.0. The number of rotatable bonds is 1. The molecular formula is C11H21N3O2. The molecule has 2 aliphatic heterocycles. The van der Waals surface area contributed by atoms with Crippen LogP contribution in [0.3, 0.4) is 0 Å². The van der Waals surface area contributed by atoms with Gasteiger partial charge in [0.15, 0.2) is 0 Å². The smallest absolute Gasteiger partial charge is 0.407 e. The lowest BCUT2D eigenvalue weighted by molar-refractivity contribution is 0.0258.